The van der Waals surface area contributed by atoms with Crippen molar-refractivity contribution in [3.63, 3.8) is 0 Å². The zero-order valence-electron chi connectivity index (χ0n) is 16.3. The number of fused-ring (bicyclic) bond motifs is 1. The van der Waals surface area contributed by atoms with E-state index in [2.05, 4.69) is 15.8 Å². The number of sulfonamides is 1. The number of aryl methyl sites for hydroxylation is 1. The molecule has 1 amide bonds. The van der Waals surface area contributed by atoms with Crippen LogP contribution in [0.4, 0.5) is 0 Å². The predicted molar refractivity (Wildman–Crippen MR) is 113 cm³/mol. The van der Waals surface area contributed by atoms with Gasteiger partial charge in [0.25, 0.3) is 0 Å². The van der Waals surface area contributed by atoms with E-state index in [0.29, 0.717) is 19.5 Å². The van der Waals surface area contributed by atoms with Crippen molar-refractivity contribution in [2.24, 2.45) is 0 Å². The molecule has 6 nitrogen and oxygen atoms in total. The van der Waals surface area contributed by atoms with Crippen LogP contribution >= 0.6 is 0 Å². The number of amides is 1. The van der Waals surface area contributed by atoms with Gasteiger partial charge in [0.15, 0.2) is 0 Å². The summed E-state index contributed by atoms with van der Waals surface area (Å²) in [5.74, 6) is 0.0919. The van der Waals surface area contributed by atoms with Gasteiger partial charge in [-0.15, -0.1) is 0 Å². The van der Waals surface area contributed by atoms with E-state index in [4.69, 9.17) is 0 Å². The Morgan fingerprint density at radius 3 is 2.52 bits per heavy atom. The maximum Gasteiger partial charge on any atom is 0.240 e. The van der Waals surface area contributed by atoms with E-state index in [0.717, 1.165) is 34.1 Å². The number of rotatable bonds is 6. The maximum absolute atomic E-state index is 12.5. The van der Waals surface area contributed by atoms with Gasteiger partial charge in [0.2, 0.25) is 15.9 Å². The van der Waals surface area contributed by atoms with Crippen LogP contribution in [0.5, 0.6) is 0 Å². The second kappa shape index (κ2) is 7.93. The van der Waals surface area contributed by atoms with Crippen LogP contribution in [0, 0.1) is 6.92 Å². The lowest BCUT2D eigenvalue weighted by molar-refractivity contribution is -0.127. The highest BCUT2D eigenvalue weighted by Crippen LogP contribution is 2.25. The Morgan fingerprint density at radius 2 is 1.79 bits per heavy atom. The third-order valence-electron chi connectivity index (χ3n) is 5.17. The van der Waals surface area contributed by atoms with Crippen molar-refractivity contribution in [3.05, 3.63) is 60.3 Å². The maximum atomic E-state index is 12.5. The molecule has 3 aromatic rings. The average Bonchev–Trinajstić information content (AvgIpc) is 3.12. The van der Waals surface area contributed by atoms with Crippen LogP contribution in [0.25, 0.3) is 22.0 Å². The van der Waals surface area contributed by atoms with E-state index >= 15 is 0 Å². The molecule has 29 heavy (non-hydrogen) atoms. The van der Waals surface area contributed by atoms with Crippen LogP contribution in [-0.2, 0) is 14.8 Å². The standard InChI is InChI=1S/C22H23N3O3S/c1-16-4-5-19-15-18(8-11-21(19)24-16)17-6-9-20(10-7-17)29(27,28)23-12-14-25-13-2-3-22(25)26/h4-11,15,23H,2-3,12-14H2,1H3. The average molecular weight is 410 g/mol. The van der Waals surface area contributed by atoms with E-state index in [1.807, 2.05) is 31.2 Å². The number of pyridine rings is 1. The number of likely N-dealkylation sites (tertiary alicyclic amines) is 1. The summed E-state index contributed by atoms with van der Waals surface area (Å²) in [7, 11) is -3.61. The summed E-state index contributed by atoms with van der Waals surface area (Å²) in [4.78, 5) is 18.0. The minimum Gasteiger partial charge on any atom is -0.341 e. The van der Waals surface area contributed by atoms with Gasteiger partial charge >= 0.3 is 0 Å². The quantitative estimate of drug-likeness (QED) is 0.678. The lowest BCUT2D eigenvalue weighted by Gasteiger charge is -2.15. The van der Waals surface area contributed by atoms with Crippen LogP contribution in [0.3, 0.4) is 0 Å². The molecule has 1 fully saturated rings. The van der Waals surface area contributed by atoms with Gasteiger partial charge in [0, 0.05) is 37.1 Å². The van der Waals surface area contributed by atoms with E-state index in [1.54, 1.807) is 29.2 Å². The Hall–Kier alpha value is -2.77. The first-order chi connectivity index (χ1) is 13.9. The molecule has 7 heteroatoms. The molecule has 0 bridgehead atoms. The fourth-order valence-electron chi connectivity index (χ4n) is 3.57. The topological polar surface area (TPSA) is 79.4 Å². The number of nitrogens with zero attached hydrogens (tertiary/aromatic N) is 2. The van der Waals surface area contributed by atoms with Gasteiger partial charge in [0.05, 0.1) is 10.4 Å². The lowest BCUT2D eigenvalue weighted by atomic mass is 10.0. The molecule has 1 aromatic heterocycles. The van der Waals surface area contributed by atoms with E-state index < -0.39 is 10.0 Å². The molecule has 1 N–H and O–H groups in total. The van der Waals surface area contributed by atoms with Crippen molar-refractivity contribution in [3.8, 4) is 11.1 Å². The van der Waals surface area contributed by atoms with Gasteiger partial charge in [-0.3, -0.25) is 9.78 Å². The molecule has 1 saturated heterocycles. The Kier molecular flexibility index (Phi) is 5.34. The number of nitrogens with one attached hydrogen (secondary N) is 1. The summed E-state index contributed by atoms with van der Waals surface area (Å²) in [6.07, 6.45) is 1.40. The molecule has 2 heterocycles. The summed E-state index contributed by atoms with van der Waals surface area (Å²) in [5, 5.41) is 1.04. The number of hydrogen-bond donors (Lipinski definition) is 1. The van der Waals surface area contributed by atoms with Crippen LogP contribution in [-0.4, -0.2) is 43.8 Å². The van der Waals surface area contributed by atoms with Crippen molar-refractivity contribution in [2.45, 2.75) is 24.7 Å². The van der Waals surface area contributed by atoms with Gasteiger partial charge in [-0.1, -0.05) is 24.3 Å². The highest BCUT2D eigenvalue weighted by Gasteiger charge is 2.20. The summed E-state index contributed by atoms with van der Waals surface area (Å²) >= 11 is 0. The van der Waals surface area contributed by atoms with Crippen molar-refractivity contribution in [1.29, 1.82) is 0 Å². The number of aromatic nitrogens is 1. The second-order valence-electron chi connectivity index (χ2n) is 7.27. The first kappa shape index (κ1) is 19.5. The monoisotopic (exact) mass is 409 g/mol. The summed E-state index contributed by atoms with van der Waals surface area (Å²) in [5.41, 5.74) is 3.86. The SMILES string of the molecule is Cc1ccc2cc(-c3ccc(S(=O)(=O)NCCN4CCCC4=O)cc3)ccc2n1. The predicted octanol–water partition coefficient (Wildman–Crippen LogP) is 3.11. The summed E-state index contributed by atoms with van der Waals surface area (Å²) in [6, 6.07) is 16.9. The van der Waals surface area contributed by atoms with Crippen molar-refractivity contribution in [2.75, 3.05) is 19.6 Å². The van der Waals surface area contributed by atoms with Gasteiger partial charge < -0.3 is 4.90 Å². The van der Waals surface area contributed by atoms with Crippen LogP contribution in [0.2, 0.25) is 0 Å². The number of hydrogen-bond acceptors (Lipinski definition) is 4. The molecule has 0 unspecified atom stereocenters. The van der Waals surface area contributed by atoms with Crippen molar-refractivity contribution in [1.82, 2.24) is 14.6 Å². The minimum atomic E-state index is -3.61. The molecule has 0 radical (unpaired) electrons. The van der Waals surface area contributed by atoms with Crippen molar-refractivity contribution >= 4 is 26.8 Å². The number of carbonyl (C=O) groups is 1. The minimum absolute atomic E-state index is 0.0919. The first-order valence-electron chi connectivity index (χ1n) is 9.68. The molecule has 1 aliphatic rings. The van der Waals surface area contributed by atoms with E-state index in [-0.39, 0.29) is 17.3 Å². The molecule has 0 aliphatic carbocycles. The fraction of sp³-hybridized carbons (Fsp3) is 0.273. The molecule has 0 atom stereocenters. The summed E-state index contributed by atoms with van der Waals surface area (Å²) in [6.45, 7) is 3.29. The zero-order valence-corrected chi connectivity index (χ0v) is 17.1. The summed E-state index contributed by atoms with van der Waals surface area (Å²) < 4.78 is 27.6. The fourth-order valence-corrected chi connectivity index (χ4v) is 4.59. The molecule has 4 rings (SSSR count). The molecule has 1 aliphatic heterocycles. The van der Waals surface area contributed by atoms with Gasteiger partial charge in [-0.25, -0.2) is 13.1 Å². The molecule has 0 saturated carbocycles. The Bertz CT molecular complexity index is 1160. The van der Waals surface area contributed by atoms with E-state index in [1.165, 1.54) is 0 Å². The highest BCUT2D eigenvalue weighted by atomic mass is 32.2. The molecular weight excluding hydrogens is 386 g/mol. The Morgan fingerprint density at radius 1 is 1.03 bits per heavy atom. The van der Waals surface area contributed by atoms with E-state index in [9.17, 15) is 13.2 Å². The Labute approximate surface area is 170 Å². The smallest absolute Gasteiger partial charge is 0.240 e. The van der Waals surface area contributed by atoms with Crippen LogP contribution < -0.4 is 4.72 Å². The van der Waals surface area contributed by atoms with Crippen LogP contribution in [0.1, 0.15) is 18.5 Å². The largest absolute Gasteiger partial charge is 0.341 e. The van der Waals surface area contributed by atoms with Gasteiger partial charge in [0.1, 0.15) is 0 Å². The third-order valence-corrected chi connectivity index (χ3v) is 6.65. The molecule has 0 spiro atoms. The highest BCUT2D eigenvalue weighted by molar-refractivity contribution is 7.89. The van der Waals surface area contributed by atoms with Crippen molar-refractivity contribution < 1.29 is 13.2 Å². The lowest BCUT2D eigenvalue weighted by Crippen LogP contribution is -2.35. The molecule has 2 aromatic carbocycles. The Balaban J connectivity index is 1.46. The first-order valence-corrected chi connectivity index (χ1v) is 11.2. The third kappa shape index (κ3) is 4.31. The zero-order chi connectivity index (χ0) is 20.4. The normalized spacial score (nSPS) is 14.7. The van der Waals surface area contributed by atoms with Crippen LogP contribution in [0.15, 0.2) is 59.5 Å². The van der Waals surface area contributed by atoms with Gasteiger partial charge in [-0.05, 0) is 54.8 Å². The molecule has 150 valence electrons. The number of benzene rings is 2. The van der Waals surface area contributed by atoms with Gasteiger partial charge in [-0.2, -0.15) is 0 Å². The number of carbonyl (C=O) groups excluding carboxylic acids is 1. The molecular formula is C22H23N3O3S. The second-order valence-corrected chi connectivity index (χ2v) is 9.03.